The second-order valence-corrected chi connectivity index (χ2v) is 7.29. The average Bonchev–Trinajstić information content (AvgIpc) is 2.78. The lowest BCUT2D eigenvalue weighted by Crippen LogP contribution is -2.22. The molecule has 0 unspecified atom stereocenters. The topological polar surface area (TPSA) is 51.2 Å². The quantitative estimate of drug-likeness (QED) is 0.426. The maximum absolute atomic E-state index is 12.7. The predicted octanol–water partition coefficient (Wildman–Crippen LogP) is 5.88. The molecule has 5 heteroatoms. The van der Waals surface area contributed by atoms with Crippen molar-refractivity contribution in [3.63, 3.8) is 0 Å². The van der Waals surface area contributed by atoms with Gasteiger partial charge in [-0.2, -0.15) is 0 Å². The minimum absolute atomic E-state index is 0.137. The first-order chi connectivity index (χ1) is 14.6. The number of benzene rings is 3. The number of fused-ring (bicyclic) bond motifs is 1. The zero-order chi connectivity index (χ0) is 20.9. The molecule has 1 heterocycles. The Bertz CT molecular complexity index is 1190. The van der Waals surface area contributed by atoms with Gasteiger partial charge in [0.1, 0.15) is 5.75 Å². The number of carbonyl (C=O) groups is 1. The first-order valence-corrected chi connectivity index (χ1v) is 10.2. The number of nitrogens with zero attached hydrogens (tertiary/aromatic N) is 1. The number of carbonyl (C=O) groups excluding carboxylic acids is 1. The van der Waals surface area contributed by atoms with Crippen molar-refractivity contribution >= 4 is 28.4 Å². The molecule has 1 N–H and O–H groups in total. The Hall–Kier alpha value is -3.37. The van der Waals surface area contributed by atoms with Crippen molar-refractivity contribution in [3.8, 4) is 17.0 Å². The standard InChI is InChI=1S/C25H21ClN2O2/c1-2-30-24-15-23(18-9-6-10-20(26)13-18)28-22-12-11-19(14-21(22)24)25(29)27-16-17-7-4-3-5-8-17/h3-15H,2,16H2,1H3,(H,27,29). The van der Waals surface area contributed by atoms with Crippen molar-refractivity contribution in [2.75, 3.05) is 6.61 Å². The van der Waals surface area contributed by atoms with Crippen LogP contribution in [0, 0.1) is 0 Å². The molecule has 0 aliphatic rings. The number of pyridine rings is 1. The van der Waals surface area contributed by atoms with Gasteiger partial charge in [-0.3, -0.25) is 4.79 Å². The molecular weight excluding hydrogens is 396 g/mol. The molecule has 0 aliphatic heterocycles. The molecule has 0 bridgehead atoms. The van der Waals surface area contributed by atoms with Gasteiger partial charge in [-0.1, -0.05) is 54.1 Å². The smallest absolute Gasteiger partial charge is 0.251 e. The van der Waals surface area contributed by atoms with Gasteiger partial charge in [0.15, 0.2) is 0 Å². The van der Waals surface area contributed by atoms with E-state index < -0.39 is 0 Å². The van der Waals surface area contributed by atoms with Crippen LogP contribution in [0.1, 0.15) is 22.8 Å². The minimum atomic E-state index is -0.137. The van der Waals surface area contributed by atoms with Gasteiger partial charge >= 0.3 is 0 Å². The van der Waals surface area contributed by atoms with Crippen LogP contribution in [0.4, 0.5) is 0 Å². The highest BCUT2D eigenvalue weighted by Gasteiger charge is 2.13. The van der Waals surface area contributed by atoms with E-state index in [1.165, 1.54) is 0 Å². The average molecular weight is 417 g/mol. The van der Waals surface area contributed by atoms with Crippen LogP contribution in [0.3, 0.4) is 0 Å². The summed E-state index contributed by atoms with van der Waals surface area (Å²) in [5.74, 6) is 0.553. The summed E-state index contributed by atoms with van der Waals surface area (Å²) < 4.78 is 5.87. The van der Waals surface area contributed by atoms with Gasteiger partial charge in [0, 0.05) is 34.1 Å². The third kappa shape index (κ3) is 4.44. The van der Waals surface area contributed by atoms with E-state index in [4.69, 9.17) is 21.3 Å². The van der Waals surface area contributed by atoms with Crippen molar-refractivity contribution in [3.05, 3.63) is 95.0 Å². The second-order valence-electron chi connectivity index (χ2n) is 6.85. The van der Waals surface area contributed by atoms with E-state index in [1.54, 1.807) is 6.07 Å². The Balaban J connectivity index is 1.66. The molecule has 3 aromatic carbocycles. The minimum Gasteiger partial charge on any atom is -0.493 e. The zero-order valence-corrected chi connectivity index (χ0v) is 17.3. The fourth-order valence-corrected chi connectivity index (χ4v) is 3.48. The molecule has 30 heavy (non-hydrogen) atoms. The lowest BCUT2D eigenvalue weighted by molar-refractivity contribution is 0.0951. The summed E-state index contributed by atoms with van der Waals surface area (Å²) in [6.45, 7) is 2.92. The summed E-state index contributed by atoms with van der Waals surface area (Å²) in [4.78, 5) is 17.4. The molecule has 0 radical (unpaired) electrons. The van der Waals surface area contributed by atoms with Crippen LogP contribution < -0.4 is 10.1 Å². The third-order valence-corrected chi connectivity index (χ3v) is 4.98. The Morgan fingerprint density at radius 3 is 2.60 bits per heavy atom. The van der Waals surface area contributed by atoms with E-state index in [1.807, 2.05) is 79.7 Å². The van der Waals surface area contributed by atoms with Crippen LogP contribution in [0.5, 0.6) is 5.75 Å². The Morgan fingerprint density at radius 1 is 1.00 bits per heavy atom. The maximum Gasteiger partial charge on any atom is 0.251 e. The number of hydrogen-bond acceptors (Lipinski definition) is 3. The van der Waals surface area contributed by atoms with Crippen molar-refractivity contribution in [1.82, 2.24) is 10.3 Å². The molecule has 0 spiro atoms. The summed E-state index contributed by atoms with van der Waals surface area (Å²) in [5, 5.41) is 4.41. The van der Waals surface area contributed by atoms with Gasteiger partial charge in [0.05, 0.1) is 17.8 Å². The van der Waals surface area contributed by atoms with Gasteiger partial charge in [-0.15, -0.1) is 0 Å². The van der Waals surface area contributed by atoms with E-state index in [0.29, 0.717) is 29.5 Å². The fraction of sp³-hybridized carbons (Fsp3) is 0.120. The van der Waals surface area contributed by atoms with Gasteiger partial charge in [-0.05, 0) is 42.8 Å². The molecule has 0 saturated carbocycles. The summed E-state index contributed by atoms with van der Waals surface area (Å²) in [5.41, 5.74) is 4.06. The molecule has 0 aliphatic carbocycles. The van der Waals surface area contributed by atoms with Crippen LogP contribution in [-0.4, -0.2) is 17.5 Å². The van der Waals surface area contributed by atoms with Crippen LogP contribution in [-0.2, 0) is 6.54 Å². The molecule has 4 rings (SSSR count). The number of aromatic nitrogens is 1. The van der Waals surface area contributed by atoms with Crippen LogP contribution in [0.2, 0.25) is 5.02 Å². The highest BCUT2D eigenvalue weighted by Crippen LogP contribution is 2.31. The van der Waals surface area contributed by atoms with Gasteiger partial charge < -0.3 is 10.1 Å². The number of hydrogen-bond donors (Lipinski definition) is 1. The molecule has 1 amide bonds. The highest BCUT2D eigenvalue weighted by molar-refractivity contribution is 6.30. The second kappa shape index (κ2) is 8.97. The monoisotopic (exact) mass is 416 g/mol. The predicted molar refractivity (Wildman–Crippen MR) is 121 cm³/mol. The molecule has 4 aromatic rings. The number of rotatable bonds is 6. The van der Waals surface area contributed by atoms with Crippen molar-refractivity contribution in [1.29, 1.82) is 0 Å². The zero-order valence-electron chi connectivity index (χ0n) is 16.6. The third-order valence-electron chi connectivity index (χ3n) is 4.75. The molecule has 4 nitrogen and oxygen atoms in total. The van der Waals surface area contributed by atoms with E-state index in [-0.39, 0.29) is 5.91 Å². The number of amides is 1. The van der Waals surface area contributed by atoms with Crippen LogP contribution in [0.25, 0.3) is 22.2 Å². The van der Waals surface area contributed by atoms with E-state index in [9.17, 15) is 4.79 Å². The Morgan fingerprint density at radius 2 is 1.83 bits per heavy atom. The highest BCUT2D eigenvalue weighted by atomic mass is 35.5. The molecule has 0 saturated heterocycles. The Labute approximate surface area is 180 Å². The lowest BCUT2D eigenvalue weighted by atomic mass is 10.1. The molecule has 0 atom stereocenters. The molecule has 1 aromatic heterocycles. The molecule has 150 valence electrons. The van der Waals surface area contributed by atoms with Crippen LogP contribution in [0.15, 0.2) is 78.9 Å². The van der Waals surface area contributed by atoms with Crippen molar-refractivity contribution < 1.29 is 9.53 Å². The van der Waals surface area contributed by atoms with Crippen molar-refractivity contribution in [2.45, 2.75) is 13.5 Å². The molecular formula is C25H21ClN2O2. The maximum atomic E-state index is 12.7. The van der Waals surface area contributed by atoms with Crippen molar-refractivity contribution in [2.24, 2.45) is 0 Å². The normalized spacial score (nSPS) is 10.7. The first-order valence-electron chi connectivity index (χ1n) is 9.79. The van der Waals surface area contributed by atoms with E-state index >= 15 is 0 Å². The van der Waals surface area contributed by atoms with E-state index in [0.717, 1.165) is 27.7 Å². The number of halogens is 1. The first kappa shape index (κ1) is 19.9. The fourth-order valence-electron chi connectivity index (χ4n) is 3.29. The number of nitrogens with one attached hydrogen (secondary N) is 1. The summed E-state index contributed by atoms with van der Waals surface area (Å²) in [6.07, 6.45) is 0. The van der Waals surface area contributed by atoms with Gasteiger partial charge in [-0.25, -0.2) is 4.98 Å². The Kier molecular flexibility index (Phi) is 5.96. The SMILES string of the molecule is CCOc1cc(-c2cccc(Cl)c2)nc2ccc(C(=O)NCc3ccccc3)cc12. The summed E-state index contributed by atoms with van der Waals surface area (Å²) in [7, 11) is 0. The van der Waals surface area contributed by atoms with Gasteiger partial charge in [0.25, 0.3) is 5.91 Å². The largest absolute Gasteiger partial charge is 0.493 e. The number of ether oxygens (including phenoxy) is 1. The van der Waals surface area contributed by atoms with Crippen LogP contribution >= 0.6 is 11.6 Å². The van der Waals surface area contributed by atoms with Gasteiger partial charge in [0.2, 0.25) is 0 Å². The lowest BCUT2D eigenvalue weighted by Gasteiger charge is -2.12. The summed E-state index contributed by atoms with van der Waals surface area (Å²) in [6, 6.07) is 24.7. The molecule has 0 fully saturated rings. The summed E-state index contributed by atoms with van der Waals surface area (Å²) >= 11 is 6.14. The van der Waals surface area contributed by atoms with E-state index in [2.05, 4.69) is 5.32 Å².